The number of nitrogens with two attached hydrogens (primary N) is 1. The summed E-state index contributed by atoms with van der Waals surface area (Å²) in [6.45, 7) is 4.37. The lowest BCUT2D eigenvalue weighted by atomic mass is 10.2. The van der Waals surface area contributed by atoms with Gasteiger partial charge in [-0.15, -0.1) is 0 Å². The third kappa shape index (κ3) is 3.39. The van der Waals surface area contributed by atoms with Crippen LogP contribution in [0.3, 0.4) is 0 Å². The van der Waals surface area contributed by atoms with Crippen LogP contribution in [0, 0.1) is 5.92 Å². The van der Waals surface area contributed by atoms with E-state index in [9.17, 15) is 4.79 Å². The van der Waals surface area contributed by atoms with Gasteiger partial charge in [-0.05, 0) is 50.8 Å². The molecule has 1 aliphatic rings. The minimum Gasteiger partial charge on any atom is -0.489 e. The molecule has 18 heavy (non-hydrogen) atoms. The fraction of sp³-hybridized carbons (Fsp3) is 0.500. The molecule has 0 radical (unpaired) electrons. The highest BCUT2D eigenvalue weighted by atomic mass is 16.5. The van der Waals surface area contributed by atoms with Crippen LogP contribution in [0.2, 0.25) is 0 Å². The first-order valence-corrected chi connectivity index (χ1v) is 6.29. The van der Waals surface area contributed by atoms with Crippen LogP contribution in [0.4, 0.5) is 5.69 Å². The van der Waals surface area contributed by atoms with Gasteiger partial charge in [-0.3, -0.25) is 0 Å². The number of ether oxygens (including phenoxy) is 2. The molecule has 0 amide bonds. The van der Waals surface area contributed by atoms with Gasteiger partial charge in [-0.1, -0.05) is 0 Å². The zero-order valence-corrected chi connectivity index (χ0v) is 10.8. The highest BCUT2D eigenvalue weighted by Crippen LogP contribution is 2.29. The van der Waals surface area contributed by atoms with Gasteiger partial charge in [0.25, 0.3) is 0 Å². The van der Waals surface area contributed by atoms with Crippen LogP contribution in [-0.4, -0.2) is 18.7 Å². The van der Waals surface area contributed by atoms with Crippen LogP contribution in [-0.2, 0) is 4.74 Å². The zero-order chi connectivity index (χ0) is 13.1. The molecule has 2 N–H and O–H groups in total. The first kappa shape index (κ1) is 12.7. The average Bonchev–Trinajstić information content (AvgIpc) is 3.12. The van der Waals surface area contributed by atoms with Crippen molar-refractivity contribution in [2.45, 2.75) is 32.8 Å². The van der Waals surface area contributed by atoms with Gasteiger partial charge < -0.3 is 15.2 Å². The molecule has 0 saturated heterocycles. The van der Waals surface area contributed by atoms with E-state index in [4.69, 9.17) is 15.2 Å². The normalized spacial score (nSPS) is 14.6. The molecule has 0 bridgehead atoms. The number of nitrogen functional groups attached to an aromatic ring is 1. The van der Waals surface area contributed by atoms with Crippen molar-refractivity contribution in [3.8, 4) is 5.75 Å². The van der Waals surface area contributed by atoms with Crippen molar-refractivity contribution < 1.29 is 14.3 Å². The molecular formula is C14H19NO3. The summed E-state index contributed by atoms with van der Waals surface area (Å²) in [5.41, 5.74) is 6.78. The molecule has 1 aromatic carbocycles. The van der Waals surface area contributed by atoms with E-state index >= 15 is 0 Å². The Kier molecular flexibility index (Phi) is 3.75. The van der Waals surface area contributed by atoms with Crippen LogP contribution in [0.15, 0.2) is 18.2 Å². The van der Waals surface area contributed by atoms with Crippen molar-refractivity contribution in [3.05, 3.63) is 23.8 Å². The summed E-state index contributed by atoms with van der Waals surface area (Å²) in [5, 5.41) is 0. The quantitative estimate of drug-likeness (QED) is 0.643. The number of rotatable bonds is 5. The molecule has 1 aromatic rings. The lowest BCUT2D eigenvalue weighted by Gasteiger charge is -2.12. The van der Waals surface area contributed by atoms with E-state index in [-0.39, 0.29) is 12.1 Å². The van der Waals surface area contributed by atoms with Gasteiger partial charge in [0.2, 0.25) is 0 Å². The standard InChI is InChI=1S/C14H19NO3/c1-9(2)18-13-6-5-11(7-12(13)15)14(16)17-8-10-3-4-10/h5-7,9-10H,3-4,8,15H2,1-2H3. The van der Waals surface area contributed by atoms with Crippen molar-refractivity contribution in [3.63, 3.8) is 0 Å². The van der Waals surface area contributed by atoms with E-state index in [1.807, 2.05) is 13.8 Å². The maximum absolute atomic E-state index is 11.7. The Balaban J connectivity index is 1.99. The van der Waals surface area contributed by atoms with E-state index in [0.29, 0.717) is 29.5 Å². The molecule has 1 fully saturated rings. The second-order valence-corrected chi connectivity index (χ2v) is 4.96. The van der Waals surface area contributed by atoms with Crippen LogP contribution in [0.25, 0.3) is 0 Å². The molecule has 1 aliphatic carbocycles. The summed E-state index contributed by atoms with van der Waals surface area (Å²) >= 11 is 0. The Morgan fingerprint density at radius 2 is 2.17 bits per heavy atom. The summed E-state index contributed by atoms with van der Waals surface area (Å²) in [5.74, 6) is 0.850. The summed E-state index contributed by atoms with van der Waals surface area (Å²) in [4.78, 5) is 11.7. The van der Waals surface area contributed by atoms with E-state index < -0.39 is 0 Å². The number of hydrogen-bond acceptors (Lipinski definition) is 4. The Morgan fingerprint density at radius 1 is 1.44 bits per heavy atom. The molecule has 0 aliphatic heterocycles. The second-order valence-electron chi connectivity index (χ2n) is 4.96. The van der Waals surface area contributed by atoms with Crippen molar-refractivity contribution in [2.75, 3.05) is 12.3 Å². The Hall–Kier alpha value is -1.71. The van der Waals surface area contributed by atoms with E-state index in [2.05, 4.69) is 0 Å². The number of benzene rings is 1. The summed E-state index contributed by atoms with van der Waals surface area (Å²) < 4.78 is 10.7. The summed E-state index contributed by atoms with van der Waals surface area (Å²) in [7, 11) is 0. The number of anilines is 1. The maximum atomic E-state index is 11.7. The third-order valence-electron chi connectivity index (χ3n) is 2.76. The lowest BCUT2D eigenvalue weighted by Crippen LogP contribution is -2.10. The predicted molar refractivity (Wildman–Crippen MR) is 69.6 cm³/mol. The van der Waals surface area contributed by atoms with Crippen molar-refractivity contribution >= 4 is 11.7 Å². The SMILES string of the molecule is CC(C)Oc1ccc(C(=O)OCC2CC2)cc1N. The van der Waals surface area contributed by atoms with Gasteiger partial charge in [0.15, 0.2) is 0 Å². The summed E-state index contributed by atoms with van der Waals surface area (Å²) in [6, 6.07) is 5.00. The molecule has 0 spiro atoms. The van der Waals surface area contributed by atoms with Gasteiger partial charge in [-0.2, -0.15) is 0 Å². The molecule has 4 heteroatoms. The van der Waals surface area contributed by atoms with E-state index in [1.54, 1.807) is 18.2 Å². The number of carbonyl (C=O) groups excluding carboxylic acids is 1. The number of esters is 1. The molecule has 0 atom stereocenters. The van der Waals surface area contributed by atoms with E-state index in [0.717, 1.165) is 12.8 Å². The monoisotopic (exact) mass is 249 g/mol. The van der Waals surface area contributed by atoms with Crippen molar-refractivity contribution in [2.24, 2.45) is 5.92 Å². The maximum Gasteiger partial charge on any atom is 0.338 e. The van der Waals surface area contributed by atoms with Crippen LogP contribution >= 0.6 is 0 Å². The lowest BCUT2D eigenvalue weighted by molar-refractivity contribution is 0.0486. The van der Waals surface area contributed by atoms with Gasteiger partial charge >= 0.3 is 5.97 Å². The molecule has 0 aromatic heterocycles. The zero-order valence-electron chi connectivity index (χ0n) is 10.8. The van der Waals surface area contributed by atoms with Gasteiger partial charge in [0, 0.05) is 0 Å². The van der Waals surface area contributed by atoms with E-state index in [1.165, 1.54) is 0 Å². The molecule has 2 rings (SSSR count). The molecule has 98 valence electrons. The highest BCUT2D eigenvalue weighted by Gasteiger charge is 2.23. The van der Waals surface area contributed by atoms with Crippen LogP contribution in [0.1, 0.15) is 37.0 Å². The predicted octanol–water partition coefficient (Wildman–Crippen LogP) is 2.62. The smallest absolute Gasteiger partial charge is 0.338 e. The van der Waals surface area contributed by atoms with Crippen molar-refractivity contribution in [1.82, 2.24) is 0 Å². The second kappa shape index (κ2) is 5.29. The average molecular weight is 249 g/mol. The third-order valence-corrected chi connectivity index (χ3v) is 2.76. The largest absolute Gasteiger partial charge is 0.489 e. The fourth-order valence-electron chi connectivity index (χ4n) is 1.60. The molecular weight excluding hydrogens is 230 g/mol. The number of carbonyl (C=O) groups is 1. The van der Waals surface area contributed by atoms with Crippen LogP contribution < -0.4 is 10.5 Å². The molecule has 4 nitrogen and oxygen atoms in total. The number of hydrogen-bond donors (Lipinski definition) is 1. The Labute approximate surface area is 107 Å². The first-order chi connectivity index (χ1) is 8.56. The van der Waals surface area contributed by atoms with Crippen molar-refractivity contribution in [1.29, 1.82) is 0 Å². The van der Waals surface area contributed by atoms with Gasteiger partial charge in [0.1, 0.15) is 5.75 Å². The first-order valence-electron chi connectivity index (χ1n) is 6.29. The molecule has 1 saturated carbocycles. The summed E-state index contributed by atoms with van der Waals surface area (Å²) in [6.07, 6.45) is 2.38. The Morgan fingerprint density at radius 3 is 2.72 bits per heavy atom. The minimum atomic E-state index is -0.315. The van der Waals surface area contributed by atoms with Gasteiger partial charge in [0.05, 0.1) is 24.0 Å². The topological polar surface area (TPSA) is 61.5 Å². The minimum absolute atomic E-state index is 0.0555. The highest BCUT2D eigenvalue weighted by molar-refractivity contribution is 5.91. The molecule has 0 unspecified atom stereocenters. The van der Waals surface area contributed by atoms with Crippen LogP contribution in [0.5, 0.6) is 5.75 Å². The Bertz CT molecular complexity index is 439. The fourth-order valence-corrected chi connectivity index (χ4v) is 1.60. The molecule has 0 heterocycles. The van der Waals surface area contributed by atoms with Gasteiger partial charge in [-0.25, -0.2) is 4.79 Å².